The number of anilines is 2. The van der Waals surface area contributed by atoms with Crippen molar-refractivity contribution in [3.63, 3.8) is 0 Å². The molecule has 0 saturated heterocycles. The molecule has 0 aliphatic carbocycles. The van der Waals surface area contributed by atoms with Gasteiger partial charge >= 0.3 is 0 Å². The average Bonchev–Trinajstić information content (AvgIpc) is 2.96. The molecule has 0 atom stereocenters. The molecule has 0 unspecified atom stereocenters. The Morgan fingerprint density at radius 1 is 1.32 bits per heavy atom. The number of nitrogens with one attached hydrogen (secondary N) is 2. The Labute approximate surface area is 126 Å². The molecule has 3 rings (SSSR count). The van der Waals surface area contributed by atoms with Crippen LogP contribution in [0.4, 0.5) is 11.6 Å². The van der Waals surface area contributed by atoms with Crippen molar-refractivity contribution < 1.29 is 4.79 Å². The Morgan fingerprint density at radius 3 is 2.77 bits per heavy atom. The number of fused-ring (bicyclic) bond motifs is 1. The lowest BCUT2D eigenvalue weighted by molar-refractivity contribution is -0.117. The third-order valence-electron chi connectivity index (χ3n) is 3.01. The smallest absolute Gasteiger partial charge is 0.230 e. The van der Waals surface area contributed by atoms with Gasteiger partial charge in [0.25, 0.3) is 0 Å². The summed E-state index contributed by atoms with van der Waals surface area (Å²) in [5.74, 6) is 2.49. The van der Waals surface area contributed by atoms with E-state index < -0.39 is 0 Å². The third-order valence-corrected chi connectivity index (χ3v) is 3.01. The first-order valence-electron chi connectivity index (χ1n) is 6.47. The molecule has 0 saturated carbocycles. The van der Waals surface area contributed by atoms with Crippen LogP contribution in [-0.2, 0) is 11.2 Å². The lowest BCUT2D eigenvalue weighted by Gasteiger charge is -2.06. The summed E-state index contributed by atoms with van der Waals surface area (Å²) in [6.45, 7) is 0. The zero-order valence-electron chi connectivity index (χ0n) is 11.5. The maximum atomic E-state index is 10.9. The van der Waals surface area contributed by atoms with Gasteiger partial charge in [-0.25, -0.2) is 9.97 Å². The van der Waals surface area contributed by atoms with E-state index in [1.165, 1.54) is 6.33 Å². The monoisotopic (exact) mass is 292 g/mol. The van der Waals surface area contributed by atoms with Gasteiger partial charge in [-0.3, -0.25) is 4.79 Å². The lowest BCUT2D eigenvalue weighted by atomic mass is 10.1. The van der Waals surface area contributed by atoms with Gasteiger partial charge in [-0.15, -0.1) is 6.42 Å². The van der Waals surface area contributed by atoms with Crippen molar-refractivity contribution >= 4 is 28.7 Å². The molecular formula is C15H12N6O. The van der Waals surface area contributed by atoms with E-state index in [1.807, 2.05) is 24.3 Å². The van der Waals surface area contributed by atoms with Crippen LogP contribution in [-0.4, -0.2) is 25.8 Å². The lowest BCUT2D eigenvalue weighted by Crippen LogP contribution is -2.13. The van der Waals surface area contributed by atoms with Crippen LogP contribution in [0.3, 0.4) is 0 Å². The third kappa shape index (κ3) is 2.71. The number of carbonyl (C=O) groups excluding carboxylic acids is 1. The summed E-state index contributed by atoms with van der Waals surface area (Å²) in [7, 11) is 0. The van der Waals surface area contributed by atoms with E-state index in [2.05, 4.69) is 31.2 Å². The molecule has 0 spiro atoms. The average molecular weight is 292 g/mol. The van der Waals surface area contributed by atoms with Crippen LogP contribution in [0, 0.1) is 12.3 Å². The van der Waals surface area contributed by atoms with Crippen LogP contribution >= 0.6 is 0 Å². The minimum atomic E-state index is -0.369. The van der Waals surface area contributed by atoms with Gasteiger partial charge in [0.2, 0.25) is 11.9 Å². The van der Waals surface area contributed by atoms with E-state index in [9.17, 15) is 4.79 Å². The molecule has 7 heteroatoms. The number of terminal acetylenes is 1. The van der Waals surface area contributed by atoms with Crippen molar-refractivity contribution in [2.75, 3.05) is 5.32 Å². The second-order valence-corrected chi connectivity index (χ2v) is 4.61. The Morgan fingerprint density at radius 2 is 2.09 bits per heavy atom. The van der Waals surface area contributed by atoms with E-state index in [0.717, 1.165) is 11.3 Å². The number of H-pyrrole nitrogens is 1. The molecule has 4 N–H and O–H groups in total. The maximum Gasteiger partial charge on any atom is 0.230 e. The van der Waals surface area contributed by atoms with E-state index in [0.29, 0.717) is 22.8 Å². The Bertz CT molecular complexity index is 875. The summed E-state index contributed by atoms with van der Waals surface area (Å²) in [6.07, 6.45) is 7.17. The number of nitrogens with two attached hydrogens (primary N) is 1. The number of hydrogen-bond acceptors (Lipinski definition) is 5. The van der Waals surface area contributed by atoms with Gasteiger partial charge < -0.3 is 16.0 Å². The molecule has 2 aromatic heterocycles. The van der Waals surface area contributed by atoms with E-state index in [1.54, 1.807) is 0 Å². The van der Waals surface area contributed by atoms with Crippen LogP contribution in [0.5, 0.6) is 0 Å². The molecule has 0 radical (unpaired) electrons. The number of aromatic amines is 1. The molecule has 0 bridgehead atoms. The predicted octanol–water partition coefficient (Wildman–Crippen LogP) is 1.11. The van der Waals surface area contributed by atoms with Crippen molar-refractivity contribution in [2.45, 2.75) is 6.42 Å². The fourth-order valence-electron chi connectivity index (χ4n) is 2.03. The first kappa shape index (κ1) is 13.6. The van der Waals surface area contributed by atoms with Gasteiger partial charge in [0, 0.05) is 5.69 Å². The molecule has 0 fully saturated rings. The van der Waals surface area contributed by atoms with Crippen LogP contribution in [0.15, 0.2) is 30.6 Å². The minimum absolute atomic E-state index is 0.206. The van der Waals surface area contributed by atoms with E-state index in [-0.39, 0.29) is 12.3 Å². The molecule has 0 aliphatic heterocycles. The molecule has 7 nitrogen and oxygen atoms in total. The Kier molecular flexibility index (Phi) is 3.42. The van der Waals surface area contributed by atoms with Crippen molar-refractivity contribution in [3.05, 3.63) is 41.9 Å². The molecule has 2 heterocycles. The van der Waals surface area contributed by atoms with Crippen molar-refractivity contribution in [2.24, 2.45) is 5.73 Å². The summed E-state index contributed by atoms with van der Waals surface area (Å²) >= 11 is 0. The van der Waals surface area contributed by atoms with Crippen LogP contribution in [0.1, 0.15) is 11.3 Å². The van der Waals surface area contributed by atoms with Gasteiger partial charge in [-0.1, -0.05) is 12.1 Å². The molecule has 22 heavy (non-hydrogen) atoms. The van der Waals surface area contributed by atoms with Gasteiger partial charge in [0.1, 0.15) is 11.2 Å². The number of aromatic nitrogens is 4. The summed E-state index contributed by atoms with van der Waals surface area (Å²) in [5, 5.41) is 3.05. The standard InChI is InChI=1S/C15H12N6O/c1-2-11-13-14(18-8-17-13)21-15(20-11)19-10-5-3-9(4-6-10)7-12(16)22/h1,3-6,8H,7H2,(H2,16,22)(H2,17,18,19,20,21). The van der Waals surface area contributed by atoms with Crippen LogP contribution < -0.4 is 11.1 Å². The van der Waals surface area contributed by atoms with Crippen molar-refractivity contribution in [3.8, 4) is 12.3 Å². The highest BCUT2D eigenvalue weighted by molar-refractivity contribution is 5.78. The highest BCUT2D eigenvalue weighted by atomic mass is 16.1. The zero-order valence-corrected chi connectivity index (χ0v) is 11.5. The number of carbonyl (C=O) groups is 1. The van der Waals surface area contributed by atoms with Gasteiger partial charge in [-0.05, 0) is 23.6 Å². The topological polar surface area (TPSA) is 110 Å². The largest absolute Gasteiger partial charge is 0.369 e. The van der Waals surface area contributed by atoms with E-state index >= 15 is 0 Å². The molecular weight excluding hydrogens is 280 g/mol. The van der Waals surface area contributed by atoms with Gasteiger partial charge in [0.05, 0.1) is 12.7 Å². The van der Waals surface area contributed by atoms with E-state index in [4.69, 9.17) is 12.2 Å². The predicted molar refractivity (Wildman–Crippen MR) is 82.2 cm³/mol. The SMILES string of the molecule is C#Cc1nc(Nc2ccc(CC(N)=O)cc2)nc2nc[nH]c12. The minimum Gasteiger partial charge on any atom is -0.369 e. The number of primary amides is 1. The first-order chi connectivity index (χ1) is 10.7. The molecule has 108 valence electrons. The quantitative estimate of drug-likeness (QED) is 0.624. The number of nitrogens with zero attached hydrogens (tertiary/aromatic N) is 3. The highest BCUT2D eigenvalue weighted by Gasteiger charge is 2.08. The molecule has 0 aliphatic rings. The maximum absolute atomic E-state index is 10.9. The second-order valence-electron chi connectivity index (χ2n) is 4.61. The van der Waals surface area contributed by atoms with Crippen molar-refractivity contribution in [1.29, 1.82) is 0 Å². The number of amides is 1. The first-order valence-corrected chi connectivity index (χ1v) is 6.47. The Hall–Kier alpha value is -3.40. The number of rotatable bonds is 4. The normalized spacial score (nSPS) is 10.3. The summed E-state index contributed by atoms with van der Waals surface area (Å²) in [5.41, 5.74) is 8.33. The Balaban J connectivity index is 1.86. The molecule has 1 amide bonds. The summed E-state index contributed by atoms with van der Waals surface area (Å²) < 4.78 is 0. The second kappa shape index (κ2) is 5.54. The summed E-state index contributed by atoms with van der Waals surface area (Å²) in [4.78, 5) is 26.4. The molecule has 1 aromatic carbocycles. The fraction of sp³-hybridized carbons (Fsp3) is 0.0667. The molecule has 3 aromatic rings. The summed E-state index contributed by atoms with van der Waals surface area (Å²) in [6, 6.07) is 7.24. The number of imidazole rings is 1. The number of benzene rings is 1. The van der Waals surface area contributed by atoms with Gasteiger partial charge in [0.15, 0.2) is 5.65 Å². The van der Waals surface area contributed by atoms with Gasteiger partial charge in [-0.2, -0.15) is 4.98 Å². The van der Waals surface area contributed by atoms with Crippen LogP contribution in [0.2, 0.25) is 0 Å². The van der Waals surface area contributed by atoms with Crippen LogP contribution in [0.25, 0.3) is 11.2 Å². The van der Waals surface area contributed by atoms with Crippen molar-refractivity contribution in [1.82, 2.24) is 19.9 Å². The zero-order chi connectivity index (χ0) is 15.5. The number of hydrogen-bond donors (Lipinski definition) is 3. The highest BCUT2D eigenvalue weighted by Crippen LogP contribution is 2.17. The fourth-order valence-corrected chi connectivity index (χ4v) is 2.03.